The molecule has 5 heteroatoms. The van der Waals surface area contributed by atoms with E-state index in [2.05, 4.69) is 21.2 Å². The van der Waals surface area contributed by atoms with Crippen molar-refractivity contribution in [1.29, 1.82) is 0 Å². The Morgan fingerprint density at radius 2 is 2.47 bits per heavy atom. The van der Waals surface area contributed by atoms with Crippen molar-refractivity contribution in [2.24, 2.45) is 0 Å². The van der Waals surface area contributed by atoms with Crippen molar-refractivity contribution in [2.45, 2.75) is 25.1 Å². The van der Waals surface area contributed by atoms with Crippen LogP contribution in [0.4, 0.5) is 0 Å². The van der Waals surface area contributed by atoms with Crippen molar-refractivity contribution in [3.8, 4) is 0 Å². The maximum atomic E-state index is 11.6. The summed E-state index contributed by atoms with van der Waals surface area (Å²) in [6.07, 6.45) is 1.84. The number of amides is 1. The van der Waals surface area contributed by atoms with Crippen LogP contribution in [0.15, 0.2) is 15.9 Å². The van der Waals surface area contributed by atoms with Gasteiger partial charge in [0.2, 0.25) is 0 Å². The first-order valence-corrected chi connectivity index (χ1v) is 6.87. The number of nitrogens with one attached hydrogen (secondary N) is 1. The molecule has 1 heterocycles. The average molecular weight is 311 g/mol. The van der Waals surface area contributed by atoms with Gasteiger partial charge in [0.15, 0.2) is 0 Å². The molecule has 0 saturated heterocycles. The second-order valence-corrected chi connectivity index (χ2v) is 5.79. The van der Waals surface area contributed by atoms with Crippen LogP contribution in [0.1, 0.15) is 29.4 Å². The minimum absolute atomic E-state index is 0.0147. The van der Waals surface area contributed by atoms with Gasteiger partial charge in [-0.15, -0.1) is 22.9 Å². The Kier molecular flexibility index (Phi) is 5.64. The Labute approximate surface area is 107 Å². The highest BCUT2D eigenvalue weighted by Gasteiger charge is 2.10. The fourth-order valence-electron chi connectivity index (χ4n) is 1.12. The molecule has 0 spiro atoms. The van der Waals surface area contributed by atoms with Crippen LogP contribution in [0.5, 0.6) is 0 Å². The lowest BCUT2D eigenvalue weighted by atomic mass is 10.2. The summed E-state index contributed by atoms with van der Waals surface area (Å²) in [6, 6.07) is 1.88. The topological polar surface area (TPSA) is 29.1 Å². The van der Waals surface area contributed by atoms with Gasteiger partial charge in [-0.1, -0.05) is 0 Å². The largest absolute Gasteiger partial charge is 0.351 e. The first-order valence-electron chi connectivity index (χ1n) is 4.76. The number of thiophene rings is 1. The minimum atomic E-state index is -0.0147. The van der Waals surface area contributed by atoms with Gasteiger partial charge in [-0.25, -0.2) is 0 Å². The number of alkyl halides is 1. The van der Waals surface area contributed by atoms with E-state index < -0.39 is 0 Å². The number of hydrogen-bond donors (Lipinski definition) is 1. The average Bonchev–Trinajstić information content (AvgIpc) is 2.58. The normalized spacial score (nSPS) is 12.5. The molecule has 1 aromatic rings. The summed E-state index contributed by atoms with van der Waals surface area (Å²) in [5.41, 5.74) is 0. The van der Waals surface area contributed by atoms with Gasteiger partial charge in [-0.2, -0.15) is 0 Å². The van der Waals surface area contributed by atoms with Crippen molar-refractivity contribution in [3.05, 3.63) is 20.8 Å². The Bertz CT molecular complexity index is 327. The zero-order valence-corrected chi connectivity index (χ0v) is 11.6. The number of halogens is 2. The van der Waals surface area contributed by atoms with Crippen LogP contribution in [-0.2, 0) is 0 Å². The van der Waals surface area contributed by atoms with E-state index in [0.717, 1.165) is 22.2 Å². The summed E-state index contributed by atoms with van der Waals surface area (Å²) in [4.78, 5) is 12.3. The molecule has 1 amide bonds. The van der Waals surface area contributed by atoms with Gasteiger partial charge < -0.3 is 5.32 Å². The first-order chi connectivity index (χ1) is 7.11. The van der Waals surface area contributed by atoms with Crippen LogP contribution in [0, 0.1) is 0 Å². The molecule has 0 aliphatic carbocycles. The van der Waals surface area contributed by atoms with Crippen LogP contribution in [-0.4, -0.2) is 17.8 Å². The Morgan fingerprint density at radius 3 is 3.00 bits per heavy atom. The van der Waals surface area contributed by atoms with E-state index in [4.69, 9.17) is 11.6 Å². The lowest BCUT2D eigenvalue weighted by Gasteiger charge is -2.05. The van der Waals surface area contributed by atoms with Crippen LogP contribution in [0.25, 0.3) is 0 Å². The molecule has 0 radical (unpaired) electrons. The van der Waals surface area contributed by atoms with Crippen LogP contribution >= 0.6 is 38.9 Å². The lowest BCUT2D eigenvalue weighted by Crippen LogP contribution is -2.24. The van der Waals surface area contributed by atoms with Gasteiger partial charge in [0.05, 0.1) is 0 Å². The monoisotopic (exact) mass is 309 g/mol. The number of carbonyl (C=O) groups is 1. The Balaban J connectivity index is 2.28. The van der Waals surface area contributed by atoms with Gasteiger partial charge in [-0.05, 0) is 47.1 Å². The van der Waals surface area contributed by atoms with E-state index in [0.29, 0.717) is 6.54 Å². The van der Waals surface area contributed by atoms with Crippen molar-refractivity contribution >= 4 is 44.8 Å². The molecule has 1 aromatic heterocycles. The summed E-state index contributed by atoms with van der Waals surface area (Å²) in [6.45, 7) is 2.64. The zero-order chi connectivity index (χ0) is 11.3. The molecule has 0 aromatic carbocycles. The molecule has 84 valence electrons. The molecule has 1 N–H and O–H groups in total. The fraction of sp³-hybridized carbons (Fsp3) is 0.500. The highest BCUT2D eigenvalue weighted by molar-refractivity contribution is 9.10. The second-order valence-electron chi connectivity index (χ2n) is 3.28. The summed E-state index contributed by atoms with van der Waals surface area (Å²) in [5, 5.41) is 4.93. The number of rotatable bonds is 5. The molecular formula is C10H13BrClNOS. The van der Waals surface area contributed by atoms with Crippen LogP contribution in [0.2, 0.25) is 0 Å². The maximum Gasteiger partial charge on any atom is 0.262 e. The molecule has 0 aliphatic rings. The van der Waals surface area contributed by atoms with Gasteiger partial charge >= 0.3 is 0 Å². The number of carbonyl (C=O) groups excluding carboxylic acids is 1. The third-order valence-corrected chi connectivity index (χ3v) is 3.94. The molecule has 1 unspecified atom stereocenters. The molecule has 1 atom stereocenters. The minimum Gasteiger partial charge on any atom is -0.351 e. The Hall–Kier alpha value is -0.0600. The lowest BCUT2D eigenvalue weighted by molar-refractivity contribution is 0.0956. The third kappa shape index (κ3) is 4.53. The molecule has 1 rings (SSSR count). The summed E-state index contributed by atoms with van der Waals surface area (Å²) in [7, 11) is 0. The summed E-state index contributed by atoms with van der Waals surface area (Å²) < 4.78 is 0.857. The van der Waals surface area contributed by atoms with Crippen molar-refractivity contribution in [2.75, 3.05) is 6.54 Å². The highest BCUT2D eigenvalue weighted by atomic mass is 79.9. The van der Waals surface area contributed by atoms with Gasteiger partial charge in [-0.3, -0.25) is 4.79 Å². The molecule has 15 heavy (non-hydrogen) atoms. The molecule has 0 bridgehead atoms. The zero-order valence-electron chi connectivity index (χ0n) is 8.43. The smallest absolute Gasteiger partial charge is 0.262 e. The molecule has 0 saturated carbocycles. The standard InChI is InChI=1S/C10H13BrClNOS/c1-7(12)3-2-5-13-10(14)9-8(11)4-6-15-9/h4,6-7H,2-3,5H2,1H3,(H,13,14). The van der Waals surface area contributed by atoms with E-state index in [1.165, 1.54) is 11.3 Å². The predicted molar refractivity (Wildman–Crippen MR) is 68.9 cm³/mol. The molecule has 2 nitrogen and oxygen atoms in total. The predicted octanol–water partition coefficient (Wildman–Crippen LogP) is 3.65. The van der Waals surface area contributed by atoms with E-state index in [1.807, 2.05) is 18.4 Å². The summed E-state index contributed by atoms with van der Waals surface area (Å²) >= 11 is 10.6. The van der Waals surface area contributed by atoms with Crippen molar-refractivity contribution in [1.82, 2.24) is 5.32 Å². The molecular weight excluding hydrogens is 298 g/mol. The quantitative estimate of drug-likeness (QED) is 0.653. The SMILES string of the molecule is CC(Cl)CCCNC(=O)c1sccc1Br. The van der Waals surface area contributed by atoms with Crippen LogP contribution < -0.4 is 5.32 Å². The summed E-state index contributed by atoms with van der Waals surface area (Å²) in [5.74, 6) is -0.0147. The molecule has 0 aliphatic heterocycles. The van der Waals surface area contributed by atoms with Gasteiger partial charge in [0.1, 0.15) is 4.88 Å². The van der Waals surface area contributed by atoms with E-state index in [9.17, 15) is 4.79 Å². The first kappa shape index (κ1) is 13.0. The van der Waals surface area contributed by atoms with Crippen LogP contribution in [0.3, 0.4) is 0 Å². The highest BCUT2D eigenvalue weighted by Crippen LogP contribution is 2.22. The number of hydrogen-bond acceptors (Lipinski definition) is 2. The molecule has 0 fully saturated rings. The third-order valence-electron chi connectivity index (χ3n) is 1.89. The Morgan fingerprint density at radius 1 is 1.73 bits per heavy atom. The van der Waals surface area contributed by atoms with E-state index >= 15 is 0 Å². The van der Waals surface area contributed by atoms with Gasteiger partial charge in [0.25, 0.3) is 5.91 Å². The second kappa shape index (κ2) is 6.51. The van der Waals surface area contributed by atoms with Crippen molar-refractivity contribution in [3.63, 3.8) is 0 Å². The van der Waals surface area contributed by atoms with E-state index in [1.54, 1.807) is 0 Å². The van der Waals surface area contributed by atoms with Gasteiger partial charge in [0, 0.05) is 16.4 Å². The fourth-order valence-corrected chi connectivity index (χ4v) is 2.74. The van der Waals surface area contributed by atoms with Crippen molar-refractivity contribution < 1.29 is 4.79 Å². The van der Waals surface area contributed by atoms with E-state index in [-0.39, 0.29) is 11.3 Å². The maximum absolute atomic E-state index is 11.6.